The Morgan fingerprint density at radius 2 is 2.03 bits per heavy atom. The number of hydrogen-bond donors (Lipinski definition) is 1. The van der Waals surface area contributed by atoms with Gasteiger partial charge in [-0.1, -0.05) is 6.07 Å². The Balaban J connectivity index is 1.47. The average molecular weight is 435 g/mol. The Bertz CT molecular complexity index is 984. The van der Waals surface area contributed by atoms with E-state index in [9.17, 15) is 13.2 Å². The van der Waals surface area contributed by atoms with Crippen LogP contribution in [0.15, 0.2) is 30.5 Å². The van der Waals surface area contributed by atoms with Crippen LogP contribution in [0, 0.1) is 0 Å². The Hall–Kier alpha value is -1.94. The summed E-state index contributed by atoms with van der Waals surface area (Å²) in [5.74, 6) is -0.0356. The van der Waals surface area contributed by atoms with Crippen molar-refractivity contribution in [3.63, 3.8) is 0 Å². The van der Waals surface area contributed by atoms with Crippen molar-refractivity contribution in [3.8, 4) is 0 Å². The number of nitrogens with one attached hydrogen (secondary N) is 1. The summed E-state index contributed by atoms with van der Waals surface area (Å²) in [6, 6.07) is 7.38. The molecule has 0 aliphatic carbocycles. The second-order valence-corrected chi connectivity index (χ2v) is 10.1. The third-order valence-electron chi connectivity index (χ3n) is 6.08. The molecule has 30 heavy (non-hydrogen) atoms. The number of benzene rings is 1. The smallest absolute Gasteiger partial charge is 0.254 e. The summed E-state index contributed by atoms with van der Waals surface area (Å²) in [5, 5.41) is 0.900. The van der Waals surface area contributed by atoms with E-state index in [1.54, 1.807) is 4.31 Å². The molecule has 4 rings (SSSR count). The van der Waals surface area contributed by atoms with Gasteiger partial charge in [-0.05, 0) is 31.0 Å². The predicted molar refractivity (Wildman–Crippen MR) is 116 cm³/mol. The van der Waals surface area contributed by atoms with E-state index in [-0.39, 0.29) is 11.9 Å². The number of H-pyrrole nitrogens is 1. The number of aromatic nitrogens is 1. The lowest BCUT2D eigenvalue weighted by molar-refractivity contribution is 0.0334. The van der Waals surface area contributed by atoms with Crippen molar-refractivity contribution in [2.45, 2.75) is 18.9 Å². The molecule has 1 aromatic heterocycles. The third kappa shape index (κ3) is 4.69. The standard InChI is InChI=1S/C21H30N4O4S/c1-30(27,28)25(11-10-23-12-14-29-15-13-23)17-4-3-9-24(16-17)21(26)19-5-2-6-20-18(19)7-8-22-20/h2,5-8,17,22H,3-4,9-16H2,1H3/t17-/m0/s1. The van der Waals surface area contributed by atoms with E-state index in [0.29, 0.717) is 45.0 Å². The molecular weight excluding hydrogens is 404 g/mol. The van der Waals surface area contributed by atoms with Gasteiger partial charge in [-0.15, -0.1) is 0 Å². The highest BCUT2D eigenvalue weighted by Gasteiger charge is 2.33. The summed E-state index contributed by atoms with van der Waals surface area (Å²) in [6.45, 7) is 5.24. The first-order valence-corrected chi connectivity index (χ1v) is 12.4. The molecule has 9 heteroatoms. The summed E-state index contributed by atoms with van der Waals surface area (Å²) in [5.41, 5.74) is 1.59. The number of carbonyl (C=O) groups excluding carboxylic acids is 1. The van der Waals surface area contributed by atoms with Crippen LogP contribution in [0.3, 0.4) is 0 Å². The number of ether oxygens (including phenoxy) is 1. The third-order valence-corrected chi connectivity index (χ3v) is 7.42. The maximum Gasteiger partial charge on any atom is 0.254 e. The van der Waals surface area contributed by atoms with Crippen LogP contribution in [0.25, 0.3) is 10.9 Å². The molecule has 2 aliphatic heterocycles. The molecule has 0 unspecified atom stereocenters. The van der Waals surface area contributed by atoms with Crippen LogP contribution in [0.1, 0.15) is 23.2 Å². The normalized spacial score (nSPS) is 21.4. The zero-order valence-electron chi connectivity index (χ0n) is 17.4. The zero-order valence-corrected chi connectivity index (χ0v) is 18.2. The highest BCUT2D eigenvalue weighted by atomic mass is 32.2. The summed E-state index contributed by atoms with van der Waals surface area (Å²) >= 11 is 0. The minimum absolute atomic E-state index is 0.0356. The molecule has 2 fully saturated rings. The number of hydrogen-bond acceptors (Lipinski definition) is 5. The Kier molecular flexibility index (Phi) is 6.43. The van der Waals surface area contributed by atoms with Gasteiger partial charge in [0, 0.05) is 68.0 Å². The maximum absolute atomic E-state index is 13.3. The van der Waals surface area contributed by atoms with Crippen LogP contribution in [0.4, 0.5) is 0 Å². The number of piperidine rings is 1. The van der Waals surface area contributed by atoms with E-state index in [1.807, 2.05) is 35.4 Å². The Morgan fingerprint density at radius 3 is 2.80 bits per heavy atom. The van der Waals surface area contributed by atoms with Crippen LogP contribution in [0.2, 0.25) is 0 Å². The highest BCUT2D eigenvalue weighted by molar-refractivity contribution is 7.88. The van der Waals surface area contributed by atoms with Crippen molar-refractivity contribution in [2.24, 2.45) is 0 Å². The number of amides is 1. The molecular formula is C21H30N4O4S. The molecule has 2 aromatic rings. The van der Waals surface area contributed by atoms with Gasteiger partial charge in [0.15, 0.2) is 0 Å². The van der Waals surface area contributed by atoms with Crippen LogP contribution in [-0.4, -0.2) is 98.2 Å². The minimum atomic E-state index is -3.37. The van der Waals surface area contributed by atoms with Gasteiger partial charge < -0.3 is 14.6 Å². The number of morpholine rings is 1. The number of nitrogens with zero attached hydrogens (tertiary/aromatic N) is 3. The van der Waals surface area contributed by atoms with E-state index < -0.39 is 10.0 Å². The quantitative estimate of drug-likeness (QED) is 0.742. The van der Waals surface area contributed by atoms with Gasteiger partial charge in [-0.25, -0.2) is 8.42 Å². The van der Waals surface area contributed by atoms with Gasteiger partial charge in [-0.2, -0.15) is 4.31 Å². The second-order valence-electron chi connectivity index (χ2n) is 8.12. The Morgan fingerprint density at radius 1 is 1.23 bits per heavy atom. The average Bonchev–Trinajstić information content (AvgIpc) is 3.22. The molecule has 0 saturated carbocycles. The summed E-state index contributed by atoms with van der Waals surface area (Å²) in [7, 11) is -3.37. The second kappa shape index (κ2) is 9.05. The number of carbonyl (C=O) groups is 1. The van der Waals surface area contributed by atoms with E-state index in [4.69, 9.17) is 4.74 Å². The summed E-state index contributed by atoms with van der Waals surface area (Å²) < 4.78 is 32.1. The lowest BCUT2D eigenvalue weighted by atomic mass is 10.0. The van der Waals surface area contributed by atoms with Crippen molar-refractivity contribution >= 4 is 26.8 Å². The first kappa shape index (κ1) is 21.3. The van der Waals surface area contributed by atoms with Crippen molar-refractivity contribution in [3.05, 3.63) is 36.0 Å². The molecule has 2 saturated heterocycles. The number of aromatic amines is 1. The van der Waals surface area contributed by atoms with E-state index in [2.05, 4.69) is 9.88 Å². The molecule has 0 radical (unpaired) electrons. The fourth-order valence-corrected chi connectivity index (χ4v) is 5.63. The molecule has 1 N–H and O–H groups in total. The Labute approximate surface area is 177 Å². The number of likely N-dealkylation sites (tertiary alicyclic amines) is 1. The van der Waals surface area contributed by atoms with Crippen LogP contribution in [0.5, 0.6) is 0 Å². The SMILES string of the molecule is CS(=O)(=O)N(CCN1CCOCC1)[C@H]1CCCN(C(=O)c2cccc3[nH]ccc23)C1. The molecule has 3 heterocycles. The molecule has 0 bridgehead atoms. The molecule has 1 aromatic carbocycles. The minimum Gasteiger partial charge on any atom is -0.379 e. The van der Waals surface area contributed by atoms with Gasteiger partial charge in [0.1, 0.15) is 0 Å². The maximum atomic E-state index is 13.3. The van der Waals surface area contributed by atoms with E-state index >= 15 is 0 Å². The monoisotopic (exact) mass is 434 g/mol. The number of fused-ring (bicyclic) bond motifs is 1. The molecule has 1 amide bonds. The largest absolute Gasteiger partial charge is 0.379 e. The fraction of sp³-hybridized carbons (Fsp3) is 0.571. The van der Waals surface area contributed by atoms with E-state index in [1.165, 1.54) is 6.26 Å². The predicted octanol–water partition coefficient (Wildman–Crippen LogP) is 1.37. The van der Waals surface area contributed by atoms with Gasteiger partial charge in [0.05, 0.1) is 19.5 Å². The lowest BCUT2D eigenvalue weighted by Gasteiger charge is -2.39. The molecule has 164 valence electrons. The topological polar surface area (TPSA) is 86.0 Å². The van der Waals surface area contributed by atoms with Crippen molar-refractivity contribution in [1.82, 2.24) is 19.1 Å². The number of rotatable bonds is 6. The molecule has 2 aliphatic rings. The van der Waals surface area contributed by atoms with Crippen LogP contribution in [-0.2, 0) is 14.8 Å². The lowest BCUT2D eigenvalue weighted by Crippen LogP contribution is -2.53. The summed E-state index contributed by atoms with van der Waals surface area (Å²) in [6.07, 6.45) is 4.67. The van der Waals surface area contributed by atoms with E-state index in [0.717, 1.165) is 36.8 Å². The van der Waals surface area contributed by atoms with Crippen LogP contribution < -0.4 is 0 Å². The molecule has 1 atom stereocenters. The number of sulfonamides is 1. The zero-order chi connectivity index (χ0) is 21.1. The fourth-order valence-electron chi connectivity index (χ4n) is 4.50. The van der Waals surface area contributed by atoms with Gasteiger partial charge in [0.25, 0.3) is 5.91 Å². The molecule has 8 nitrogen and oxygen atoms in total. The summed E-state index contributed by atoms with van der Waals surface area (Å²) in [4.78, 5) is 20.4. The van der Waals surface area contributed by atoms with Crippen molar-refractivity contribution in [2.75, 3.05) is 58.7 Å². The van der Waals surface area contributed by atoms with Crippen molar-refractivity contribution < 1.29 is 17.9 Å². The first-order valence-electron chi connectivity index (χ1n) is 10.6. The van der Waals surface area contributed by atoms with Gasteiger partial charge in [-0.3, -0.25) is 9.69 Å². The van der Waals surface area contributed by atoms with Gasteiger partial charge in [0.2, 0.25) is 10.0 Å². The van der Waals surface area contributed by atoms with Gasteiger partial charge >= 0.3 is 0 Å². The van der Waals surface area contributed by atoms with Crippen molar-refractivity contribution in [1.29, 1.82) is 0 Å². The first-order chi connectivity index (χ1) is 14.4. The molecule has 0 spiro atoms. The highest BCUT2D eigenvalue weighted by Crippen LogP contribution is 2.23. The van der Waals surface area contributed by atoms with Crippen LogP contribution >= 0.6 is 0 Å².